The van der Waals surface area contributed by atoms with Gasteiger partial charge in [-0.3, -0.25) is 24.1 Å². The molecule has 0 aromatic heterocycles. The van der Waals surface area contributed by atoms with Crippen LogP contribution in [0.5, 0.6) is 11.5 Å². The second kappa shape index (κ2) is 11.3. The number of carbonyl (C=O) groups is 4. The number of imide groups is 1. The van der Waals surface area contributed by atoms with Crippen molar-refractivity contribution in [2.45, 2.75) is 13.3 Å². The highest BCUT2D eigenvalue weighted by molar-refractivity contribution is 8.18. The van der Waals surface area contributed by atoms with Crippen molar-refractivity contribution in [3.63, 3.8) is 0 Å². The molecule has 0 bridgehead atoms. The Hall–Kier alpha value is -3.79. The number of thioether (sulfide) groups is 1. The van der Waals surface area contributed by atoms with Crippen LogP contribution in [0.1, 0.15) is 18.9 Å². The third-order valence-corrected chi connectivity index (χ3v) is 6.78. The van der Waals surface area contributed by atoms with Gasteiger partial charge in [0, 0.05) is 31.7 Å². The Bertz CT molecular complexity index is 1180. The van der Waals surface area contributed by atoms with Crippen molar-refractivity contribution in [3.8, 4) is 11.5 Å². The van der Waals surface area contributed by atoms with E-state index in [0.717, 1.165) is 22.2 Å². The number of methoxy groups -OCH3 is 1. The summed E-state index contributed by atoms with van der Waals surface area (Å²) in [6.45, 7) is 2.89. The van der Waals surface area contributed by atoms with E-state index in [-0.39, 0.29) is 43.1 Å². The predicted molar refractivity (Wildman–Crippen MR) is 137 cm³/mol. The number of hydrogen-bond donors (Lipinski definition) is 1. The van der Waals surface area contributed by atoms with Crippen molar-refractivity contribution in [1.29, 1.82) is 0 Å². The zero-order valence-corrected chi connectivity index (χ0v) is 20.9. The molecule has 0 radical (unpaired) electrons. The molecule has 0 unspecified atom stereocenters. The molecule has 2 heterocycles. The van der Waals surface area contributed by atoms with Gasteiger partial charge in [0.1, 0.15) is 11.5 Å². The lowest BCUT2D eigenvalue weighted by atomic mass is 10.1. The first-order valence-corrected chi connectivity index (χ1v) is 12.4. The number of nitrogens with one attached hydrogen (secondary N) is 1. The molecule has 2 saturated heterocycles. The van der Waals surface area contributed by atoms with Crippen LogP contribution in [0.2, 0.25) is 0 Å². The maximum absolute atomic E-state index is 12.7. The van der Waals surface area contributed by atoms with E-state index in [1.807, 2.05) is 6.92 Å². The average Bonchev–Trinajstić information content (AvgIpc) is 3.39. The molecule has 4 amide bonds. The van der Waals surface area contributed by atoms with E-state index >= 15 is 0 Å². The van der Waals surface area contributed by atoms with E-state index in [1.165, 1.54) is 0 Å². The lowest BCUT2D eigenvalue weighted by Crippen LogP contribution is -2.40. The van der Waals surface area contributed by atoms with E-state index < -0.39 is 11.8 Å². The number of amides is 4. The number of nitrogens with zero attached hydrogens (tertiary/aromatic N) is 2. The van der Waals surface area contributed by atoms with Crippen LogP contribution in [0.3, 0.4) is 0 Å². The third-order valence-electron chi connectivity index (χ3n) is 5.88. The second-order valence-corrected chi connectivity index (χ2v) is 9.22. The van der Waals surface area contributed by atoms with Crippen LogP contribution in [-0.2, 0) is 14.4 Å². The van der Waals surface area contributed by atoms with Crippen LogP contribution < -0.4 is 19.7 Å². The molecule has 9 nitrogen and oxygen atoms in total. The van der Waals surface area contributed by atoms with E-state index in [0.29, 0.717) is 28.7 Å². The van der Waals surface area contributed by atoms with Crippen molar-refractivity contribution >= 4 is 46.5 Å². The SMILES string of the molecule is CCOc1ccc(N2C[C@H](C(=O)NCCN3C(=O)S/C(=C/c4ccc(OC)cc4)C3=O)CC2=O)cc1. The molecule has 2 aromatic carbocycles. The Kier molecular flexibility index (Phi) is 7.94. The molecule has 0 saturated carbocycles. The Morgan fingerprint density at radius 2 is 1.78 bits per heavy atom. The first-order valence-electron chi connectivity index (χ1n) is 11.6. The van der Waals surface area contributed by atoms with Crippen LogP contribution in [0.15, 0.2) is 53.4 Å². The number of ether oxygens (including phenoxy) is 2. The van der Waals surface area contributed by atoms with E-state index in [2.05, 4.69) is 5.32 Å². The fourth-order valence-electron chi connectivity index (χ4n) is 4.00. The van der Waals surface area contributed by atoms with Gasteiger partial charge in [0.15, 0.2) is 0 Å². The average molecular weight is 510 g/mol. The molecule has 0 spiro atoms. The van der Waals surface area contributed by atoms with Gasteiger partial charge >= 0.3 is 0 Å². The Labute approximate surface area is 213 Å². The van der Waals surface area contributed by atoms with Crippen molar-refractivity contribution in [3.05, 3.63) is 59.0 Å². The van der Waals surface area contributed by atoms with E-state index in [4.69, 9.17) is 9.47 Å². The molecular weight excluding hydrogens is 482 g/mol. The minimum atomic E-state index is -0.506. The van der Waals surface area contributed by atoms with Gasteiger partial charge < -0.3 is 19.7 Å². The van der Waals surface area contributed by atoms with Gasteiger partial charge in [0.25, 0.3) is 11.1 Å². The Morgan fingerprint density at radius 3 is 2.44 bits per heavy atom. The third kappa shape index (κ3) is 5.71. The fourth-order valence-corrected chi connectivity index (χ4v) is 4.87. The normalized spacial score (nSPS) is 18.8. The predicted octanol–water partition coefficient (Wildman–Crippen LogP) is 3.30. The molecule has 1 N–H and O–H groups in total. The van der Waals surface area contributed by atoms with Gasteiger partial charge in [-0.15, -0.1) is 0 Å². The quantitative estimate of drug-likeness (QED) is 0.517. The molecule has 2 aromatic rings. The van der Waals surface area contributed by atoms with Crippen LogP contribution in [0.25, 0.3) is 6.08 Å². The summed E-state index contributed by atoms with van der Waals surface area (Å²) >= 11 is 0.867. The van der Waals surface area contributed by atoms with Gasteiger partial charge in [-0.25, -0.2) is 0 Å². The standard InChI is InChI=1S/C26H27N3O6S/c1-3-35-21-10-6-19(7-11-21)29-16-18(15-23(29)30)24(31)27-12-13-28-25(32)22(36-26(28)33)14-17-4-8-20(34-2)9-5-17/h4-11,14,18H,3,12-13,15-16H2,1-2H3,(H,27,31)/b22-14+/t18-/m1/s1. The summed E-state index contributed by atoms with van der Waals surface area (Å²) in [7, 11) is 1.57. The lowest BCUT2D eigenvalue weighted by molar-refractivity contribution is -0.127. The van der Waals surface area contributed by atoms with Crippen LogP contribution >= 0.6 is 11.8 Å². The smallest absolute Gasteiger partial charge is 0.293 e. The molecule has 2 aliphatic heterocycles. The first kappa shape index (κ1) is 25.3. The van der Waals surface area contributed by atoms with Crippen molar-refractivity contribution in [2.75, 3.05) is 38.3 Å². The summed E-state index contributed by atoms with van der Waals surface area (Å²) < 4.78 is 10.6. The molecule has 188 valence electrons. The van der Waals surface area contributed by atoms with Gasteiger partial charge in [-0.2, -0.15) is 0 Å². The molecule has 0 aliphatic carbocycles. The highest BCUT2D eigenvalue weighted by atomic mass is 32.2. The Morgan fingerprint density at radius 1 is 1.08 bits per heavy atom. The first-order chi connectivity index (χ1) is 17.4. The zero-order valence-electron chi connectivity index (χ0n) is 20.1. The van der Waals surface area contributed by atoms with Crippen LogP contribution in [-0.4, -0.2) is 61.2 Å². The molecule has 10 heteroatoms. The summed E-state index contributed by atoms with van der Waals surface area (Å²) in [5, 5.41) is 2.38. The number of anilines is 1. The molecule has 1 atom stereocenters. The summed E-state index contributed by atoms with van der Waals surface area (Å²) in [4.78, 5) is 53.3. The molecular formula is C26H27N3O6S. The number of benzene rings is 2. The van der Waals surface area contributed by atoms with Crippen molar-refractivity contribution < 1.29 is 28.7 Å². The minimum Gasteiger partial charge on any atom is -0.497 e. The number of rotatable bonds is 9. The van der Waals surface area contributed by atoms with Gasteiger partial charge in [0.2, 0.25) is 11.8 Å². The lowest BCUT2D eigenvalue weighted by Gasteiger charge is -2.18. The summed E-state index contributed by atoms with van der Waals surface area (Å²) in [6, 6.07) is 14.3. The summed E-state index contributed by atoms with van der Waals surface area (Å²) in [5.74, 6) is 0.101. The minimum absolute atomic E-state index is 0.0552. The highest BCUT2D eigenvalue weighted by Gasteiger charge is 2.37. The summed E-state index contributed by atoms with van der Waals surface area (Å²) in [5.41, 5.74) is 1.48. The van der Waals surface area contributed by atoms with Crippen molar-refractivity contribution in [2.24, 2.45) is 5.92 Å². The largest absolute Gasteiger partial charge is 0.497 e. The monoisotopic (exact) mass is 509 g/mol. The molecule has 2 fully saturated rings. The maximum Gasteiger partial charge on any atom is 0.293 e. The van der Waals surface area contributed by atoms with Gasteiger partial charge in [-0.05, 0) is 66.7 Å². The zero-order chi connectivity index (χ0) is 25.7. The summed E-state index contributed by atoms with van der Waals surface area (Å²) in [6.07, 6.45) is 1.76. The second-order valence-electron chi connectivity index (χ2n) is 8.23. The maximum atomic E-state index is 12.7. The number of hydrogen-bond acceptors (Lipinski definition) is 7. The van der Waals surface area contributed by atoms with Crippen molar-refractivity contribution in [1.82, 2.24) is 10.2 Å². The van der Waals surface area contributed by atoms with Gasteiger partial charge in [-0.1, -0.05) is 12.1 Å². The molecule has 2 aliphatic rings. The van der Waals surface area contributed by atoms with Gasteiger partial charge in [0.05, 0.1) is 24.5 Å². The van der Waals surface area contributed by atoms with Crippen LogP contribution in [0, 0.1) is 5.92 Å². The van der Waals surface area contributed by atoms with E-state index in [1.54, 1.807) is 66.6 Å². The van der Waals surface area contributed by atoms with E-state index in [9.17, 15) is 19.2 Å². The topological polar surface area (TPSA) is 105 Å². The number of carbonyl (C=O) groups excluding carboxylic acids is 4. The molecule has 36 heavy (non-hydrogen) atoms. The highest BCUT2D eigenvalue weighted by Crippen LogP contribution is 2.32. The fraction of sp³-hybridized carbons (Fsp3) is 0.308. The van der Waals surface area contributed by atoms with Crippen LogP contribution in [0.4, 0.5) is 10.5 Å². The molecule has 4 rings (SSSR count). The Balaban J connectivity index is 1.28.